The molecule has 2 nitrogen and oxygen atoms in total. The molecule has 0 bridgehead atoms. The number of carboxylic acid groups (broad SMARTS) is 1. The number of aliphatic carboxylic acids is 1. The summed E-state index contributed by atoms with van der Waals surface area (Å²) in [4.78, 5) is 10.2. The molecule has 0 aromatic heterocycles. The van der Waals surface area contributed by atoms with Gasteiger partial charge in [0, 0.05) is 17.9 Å². The monoisotopic (exact) mass is 184 g/mol. The molecule has 0 radical (unpaired) electrons. The largest absolute Gasteiger partial charge is 0.472 e. The highest BCUT2D eigenvalue weighted by atomic mass is 16.4. The van der Waals surface area contributed by atoms with E-state index in [2.05, 4.69) is 11.8 Å². The van der Waals surface area contributed by atoms with Gasteiger partial charge in [-0.1, -0.05) is 30.2 Å². The highest BCUT2D eigenvalue weighted by Gasteiger charge is 2.09. The van der Waals surface area contributed by atoms with Crippen molar-refractivity contribution in [2.75, 3.05) is 0 Å². The average molecular weight is 184 g/mol. The van der Waals surface area contributed by atoms with Gasteiger partial charge in [0.15, 0.2) is 0 Å². The molecule has 0 saturated heterocycles. The number of benzene rings is 1. The van der Waals surface area contributed by atoms with E-state index in [1.54, 1.807) is 0 Å². The van der Waals surface area contributed by atoms with Crippen molar-refractivity contribution in [2.45, 2.75) is 6.42 Å². The van der Waals surface area contributed by atoms with Crippen LogP contribution in [-0.4, -0.2) is 11.1 Å². The van der Waals surface area contributed by atoms with Crippen molar-refractivity contribution in [3.8, 4) is 11.8 Å². The van der Waals surface area contributed by atoms with Gasteiger partial charge in [-0.3, -0.25) is 0 Å². The van der Waals surface area contributed by atoms with Crippen molar-refractivity contribution in [3.63, 3.8) is 0 Å². The van der Waals surface area contributed by atoms with Gasteiger partial charge in [-0.25, -0.2) is 4.79 Å². The molecule has 0 aliphatic heterocycles. The zero-order valence-electron chi connectivity index (χ0n) is 7.45. The smallest absolute Gasteiger partial charge is 0.382 e. The van der Waals surface area contributed by atoms with Gasteiger partial charge < -0.3 is 5.11 Å². The lowest BCUT2D eigenvalue weighted by atomic mass is 10.1. The van der Waals surface area contributed by atoms with Crippen LogP contribution in [0.15, 0.2) is 29.8 Å². The number of hydrogen-bond acceptors (Lipinski definition) is 1. The standard InChI is InChI=1S/C12H8O2/c13-12(14)6-5-9-7-10-3-1-2-4-11(10)8-9/h1-4,7H,8H2,(H,13,14). The molecule has 14 heavy (non-hydrogen) atoms. The van der Waals surface area contributed by atoms with Crippen molar-refractivity contribution in [1.82, 2.24) is 0 Å². The first-order chi connectivity index (χ1) is 6.75. The molecule has 1 aromatic rings. The fraction of sp³-hybridized carbons (Fsp3) is 0.0833. The van der Waals surface area contributed by atoms with E-state index in [-0.39, 0.29) is 0 Å². The van der Waals surface area contributed by atoms with E-state index in [9.17, 15) is 4.79 Å². The van der Waals surface area contributed by atoms with Crippen molar-refractivity contribution in [2.24, 2.45) is 0 Å². The van der Waals surface area contributed by atoms with E-state index in [0.29, 0.717) is 0 Å². The van der Waals surface area contributed by atoms with Crippen molar-refractivity contribution < 1.29 is 9.90 Å². The number of hydrogen-bond donors (Lipinski definition) is 1. The Morgan fingerprint density at radius 1 is 1.36 bits per heavy atom. The second kappa shape index (κ2) is 3.39. The molecule has 2 heteroatoms. The highest BCUT2D eigenvalue weighted by Crippen LogP contribution is 2.23. The summed E-state index contributed by atoms with van der Waals surface area (Å²) in [7, 11) is 0. The summed E-state index contributed by atoms with van der Waals surface area (Å²) < 4.78 is 0. The zero-order valence-corrected chi connectivity index (χ0v) is 7.45. The average Bonchev–Trinajstić information content (AvgIpc) is 2.57. The maximum Gasteiger partial charge on any atom is 0.382 e. The molecule has 1 aromatic carbocycles. The van der Waals surface area contributed by atoms with E-state index in [1.807, 2.05) is 30.3 Å². The molecule has 0 spiro atoms. The van der Waals surface area contributed by atoms with Crippen LogP contribution in [0.25, 0.3) is 6.08 Å². The number of fused-ring (bicyclic) bond motifs is 1. The Morgan fingerprint density at radius 2 is 2.14 bits per heavy atom. The third-order valence-electron chi connectivity index (χ3n) is 2.10. The van der Waals surface area contributed by atoms with Crippen LogP contribution < -0.4 is 0 Å². The SMILES string of the molecule is O=C(O)C#CC1=Cc2ccccc2C1. The first-order valence-corrected chi connectivity index (χ1v) is 4.29. The van der Waals surface area contributed by atoms with E-state index >= 15 is 0 Å². The first kappa shape index (κ1) is 8.58. The Labute approximate surface area is 81.9 Å². The Morgan fingerprint density at radius 3 is 2.86 bits per heavy atom. The topological polar surface area (TPSA) is 37.3 Å². The van der Waals surface area contributed by atoms with Gasteiger partial charge in [0.2, 0.25) is 0 Å². The predicted octanol–water partition coefficient (Wildman–Crippen LogP) is 1.71. The minimum atomic E-state index is -1.08. The predicted molar refractivity (Wildman–Crippen MR) is 53.5 cm³/mol. The molecular weight excluding hydrogens is 176 g/mol. The van der Waals surface area contributed by atoms with Gasteiger partial charge in [-0.2, -0.15) is 0 Å². The van der Waals surface area contributed by atoms with Crippen molar-refractivity contribution in [1.29, 1.82) is 0 Å². The normalized spacial score (nSPS) is 12.4. The summed E-state index contributed by atoms with van der Waals surface area (Å²) in [5.41, 5.74) is 3.22. The van der Waals surface area contributed by atoms with E-state index in [0.717, 1.165) is 17.6 Å². The highest BCUT2D eigenvalue weighted by molar-refractivity contribution is 5.88. The molecule has 68 valence electrons. The van der Waals surface area contributed by atoms with E-state index in [4.69, 9.17) is 5.11 Å². The lowest BCUT2D eigenvalue weighted by molar-refractivity contribution is -0.130. The van der Waals surface area contributed by atoms with Crippen LogP contribution in [-0.2, 0) is 11.2 Å². The minimum Gasteiger partial charge on any atom is -0.472 e. The first-order valence-electron chi connectivity index (χ1n) is 4.29. The third-order valence-corrected chi connectivity index (χ3v) is 2.10. The van der Waals surface area contributed by atoms with Crippen LogP contribution in [0.5, 0.6) is 0 Å². The summed E-state index contributed by atoms with van der Waals surface area (Å²) in [6, 6.07) is 7.97. The molecule has 0 heterocycles. The maximum atomic E-state index is 10.2. The van der Waals surface area contributed by atoms with Crippen LogP contribution in [0.1, 0.15) is 11.1 Å². The zero-order chi connectivity index (χ0) is 9.97. The fourth-order valence-electron chi connectivity index (χ4n) is 1.49. The maximum absolute atomic E-state index is 10.2. The molecule has 0 fully saturated rings. The molecule has 0 atom stereocenters. The van der Waals surface area contributed by atoms with Crippen molar-refractivity contribution in [3.05, 3.63) is 41.0 Å². The Balaban J connectivity index is 2.25. The van der Waals surface area contributed by atoms with Gasteiger partial charge in [0.25, 0.3) is 0 Å². The number of carbonyl (C=O) groups is 1. The summed E-state index contributed by atoms with van der Waals surface area (Å²) in [5, 5.41) is 8.39. The lowest BCUT2D eigenvalue weighted by Gasteiger charge is -1.93. The number of rotatable bonds is 0. The third kappa shape index (κ3) is 1.67. The molecular formula is C12H8O2. The van der Waals surface area contributed by atoms with Crippen LogP contribution in [0.2, 0.25) is 0 Å². The van der Waals surface area contributed by atoms with Gasteiger partial charge in [-0.05, 0) is 17.2 Å². The Hall–Kier alpha value is -2.01. The van der Waals surface area contributed by atoms with Crippen LogP contribution in [0, 0.1) is 11.8 Å². The molecule has 2 rings (SSSR count). The molecule has 1 N–H and O–H groups in total. The van der Waals surface area contributed by atoms with Gasteiger partial charge in [0.05, 0.1) is 0 Å². The summed E-state index contributed by atoms with van der Waals surface area (Å²) >= 11 is 0. The fourth-order valence-corrected chi connectivity index (χ4v) is 1.49. The van der Waals surface area contributed by atoms with Gasteiger partial charge in [-0.15, -0.1) is 0 Å². The molecule has 0 unspecified atom stereocenters. The van der Waals surface area contributed by atoms with Crippen LogP contribution in [0.3, 0.4) is 0 Å². The van der Waals surface area contributed by atoms with Gasteiger partial charge >= 0.3 is 5.97 Å². The van der Waals surface area contributed by atoms with Crippen molar-refractivity contribution >= 4 is 12.0 Å². The summed E-state index contributed by atoms with van der Waals surface area (Å²) in [6.45, 7) is 0. The minimum absolute atomic E-state index is 0.746. The van der Waals surface area contributed by atoms with E-state index < -0.39 is 5.97 Å². The summed E-state index contributed by atoms with van der Waals surface area (Å²) in [6.07, 6.45) is 2.68. The molecule has 0 saturated carbocycles. The summed E-state index contributed by atoms with van der Waals surface area (Å²) in [5.74, 6) is 3.68. The molecule has 1 aliphatic carbocycles. The Kier molecular flexibility index (Phi) is 2.08. The van der Waals surface area contributed by atoms with Crippen LogP contribution >= 0.6 is 0 Å². The van der Waals surface area contributed by atoms with Gasteiger partial charge in [0.1, 0.15) is 0 Å². The Bertz CT molecular complexity index is 473. The molecule has 0 amide bonds. The van der Waals surface area contributed by atoms with Crippen LogP contribution in [0.4, 0.5) is 0 Å². The lowest BCUT2D eigenvalue weighted by Crippen LogP contribution is -1.88. The van der Waals surface area contributed by atoms with E-state index in [1.165, 1.54) is 5.56 Å². The second-order valence-electron chi connectivity index (χ2n) is 3.10. The number of allylic oxidation sites excluding steroid dienone is 1. The molecule has 1 aliphatic rings. The quantitative estimate of drug-likeness (QED) is 0.623. The number of carboxylic acids is 1. The second-order valence-corrected chi connectivity index (χ2v) is 3.10.